The zero-order valence-corrected chi connectivity index (χ0v) is 8.78. The van der Waals surface area contributed by atoms with Crippen molar-refractivity contribution in [3.8, 4) is 0 Å². The molecule has 1 aliphatic carbocycles. The Morgan fingerprint density at radius 1 is 0.643 bits per heavy atom. The lowest BCUT2D eigenvalue weighted by Crippen LogP contribution is -1.70. The molecule has 75 valence electrons. The van der Waals surface area contributed by atoms with Crippen molar-refractivity contribution in [2.75, 3.05) is 0 Å². The van der Waals surface area contributed by atoms with E-state index in [2.05, 4.69) is 48.6 Å². The van der Waals surface area contributed by atoms with Crippen molar-refractivity contribution in [3.63, 3.8) is 0 Å². The molecule has 1 rings (SSSR count). The summed E-state index contributed by atoms with van der Waals surface area (Å²) in [7, 11) is 0. The molecule has 0 saturated heterocycles. The molecule has 0 bridgehead atoms. The smallest absolute Gasteiger partial charge is 0.0169 e. The third-order valence-corrected chi connectivity index (χ3v) is 2.12. The van der Waals surface area contributed by atoms with Crippen LogP contribution < -0.4 is 0 Å². The second-order valence-electron chi connectivity index (χ2n) is 3.41. The Bertz CT molecular complexity index is 204. The van der Waals surface area contributed by atoms with Gasteiger partial charge in [-0.2, -0.15) is 0 Å². The zero-order chi connectivity index (χ0) is 9.90. The molecule has 14 heavy (non-hydrogen) atoms. The van der Waals surface area contributed by atoms with Gasteiger partial charge in [-0.1, -0.05) is 42.5 Å². The molecular formula is C14H19. The van der Waals surface area contributed by atoms with Gasteiger partial charge in [0.15, 0.2) is 0 Å². The van der Waals surface area contributed by atoms with E-state index in [0.29, 0.717) is 0 Å². The van der Waals surface area contributed by atoms with Crippen molar-refractivity contribution in [3.05, 3.63) is 48.6 Å². The molecule has 0 aromatic rings. The van der Waals surface area contributed by atoms with E-state index in [0.717, 1.165) is 38.5 Å². The second kappa shape index (κ2) is 8.55. The van der Waals surface area contributed by atoms with Crippen molar-refractivity contribution in [2.24, 2.45) is 0 Å². The van der Waals surface area contributed by atoms with Crippen LogP contribution in [0.4, 0.5) is 0 Å². The summed E-state index contributed by atoms with van der Waals surface area (Å²) in [5.41, 5.74) is 0. The average molecular weight is 187 g/mol. The highest BCUT2D eigenvalue weighted by Crippen LogP contribution is 2.00. The van der Waals surface area contributed by atoms with Crippen molar-refractivity contribution in [1.82, 2.24) is 0 Å². The largest absolute Gasteiger partial charge is 0.0879 e. The average Bonchev–Trinajstić information content (AvgIpc) is 2.22. The van der Waals surface area contributed by atoms with Crippen LogP contribution in [0.3, 0.4) is 0 Å². The van der Waals surface area contributed by atoms with E-state index in [1.807, 2.05) is 0 Å². The maximum absolute atomic E-state index is 3.31. The summed E-state index contributed by atoms with van der Waals surface area (Å²) in [6, 6.07) is 0. The van der Waals surface area contributed by atoms with E-state index in [4.69, 9.17) is 0 Å². The predicted molar refractivity (Wildman–Crippen MR) is 62.9 cm³/mol. The van der Waals surface area contributed by atoms with Gasteiger partial charge in [0.25, 0.3) is 0 Å². The summed E-state index contributed by atoms with van der Waals surface area (Å²) in [5, 5.41) is 0. The molecule has 0 amide bonds. The summed E-state index contributed by atoms with van der Waals surface area (Å²) in [4.78, 5) is 0. The normalized spacial score (nSPS) is 28.6. The maximum atomic E-state index is 3.31. The van der Waals surface area contributed by atoms with E-state index in [9.17, 15) is 0 Å². The molecule has 1 aliphatic rings. The molecule has 0 fully saturated rings. The van der Waals surface area contributed by atoms with Crippen LogP contribution in [0.15, 0.2) is 42.5 Å². The number of hydrogen-bond acceptors (Lipinski definition) is 0. The molecule has 0 N–H and O–H groups in total. The Morgan fingerprint density at radius 2 is 1.29 bits per heavy atom. The molecule has 0 atom stereocenters. The Balaban J connectivity index is 2.34. The van der Waals surface area contributed by atoms with Crippen LogP contribution in [0.5, 0.6) is 0 Å². The minimum atomic E-state index is 1.06. The summed E-state index contributed by atoms with van der Waals surface area (Å²) in [5.74, 6) is 0. The summed E-state index contributed by atoms with van der Waals surface area (Å²) >= 11 is 0. The Labute approximate surface area is 87.7 Å². The molecule has 0 unspecified atom stereocenters. The van der Waals surface area contributed by atoms with Gasteiger partial charge in [0.05, 0.1) is 0 Å². The molecule has 0 nitrogen and oxygen atoms in total. The van der Waals surface area contributed by atoms with Crippen molar-refractivity contribution in [2.45, 2.75) is 38.5 Å². The number of hydrogen-bond donors (Lipinski definition) is 0. The topological polar surface area (TPSA) is 0 Å². The molecule has 0 spiro atoms. The molecule has 0 heteroatoms. The number of rotatable bonds is 0. The Hall–Kier alpha value is -1.04. The van der Waals surface area contributed by atoms with Crippen LogP contribution in [0.2, 0.25) is 0 Å². The van der Waals surface area contributed by atoms with Gasteiger partial charge in [0, 0.05) is 0 Å². The first-order valence-corrected chi connectivity index (χ1v) is 5.50. The number of allylic oxidation sites excluding steroid dienone is 8. The van der Waals surface area contributed by atoms with Crippen molar-refractivity contribution < 1.29 is 0 Å². The minimum absolute atomic E-state index is 1.06. The van der Waals surface area contributed by atoms with Crippen LogP contribution in [0, 0.1) is 6.08 Å². The molecule has 0 aromatic heterocycles. The highest BCUT2D eigenvalue weighted by molar-refractivity contribution is 4.98. The first-order valence-electron chi connectivity index (χ1n) is 5.50. The fourth-order valence-electron chi connectivity index (χ4n) is 1.33. The van der Waals surface area contributed by atoms with E-state index in [1.165, 1.54) is 0 Å². The van der Waals surface area contributed by atoms with E-state index in [-0.39, 0.29) is 0 Å². The third kappa shape index (κ3) is 6.47. The van der Waals surface area contributed by atoms with Crippen molar-refractivity contribution in [1.29, 1.82) is 0 Å². The quantitative estimate of drug-likeness (QED) is 0.494. The summed E-state index contributed by atoms with van der Waals surface area (Å²) < 4.78 is 0. The van der Waals surface area contributed by atoms with Gasteiger partial charge in [0.2, 0.25) is 0 Å². The zero-order valence-electron chi connectivity index (χ0n) is 8.78. The lowest BCUT2D eigenvalue weighted by molar-refractivity contribution is 0.977. The standard InChI is InChI=1S/C14H19/c1-2-4-6-8-10-12-14-13-11-9-7-5-3-1/h1-2,5-8,13H,3-4,9-12H2/b2-1+,7-5+,8-6+,14-13?. The van der Waals surface area contributed by atoms with Gasteiger partial charge in [-0.25, -0.2) is 0 Å². The first kappa shape index (κ1) is 11.0. The molecule has 0 aliphatic heterocycles. The molecular weight excluding hydrogens is 168 g/mol. The van der Waals surface area contributed by atoms with Crippen LogP contribution in [-0.2, 0) is 0 Å². The SMILES string of the molecule is [C]1=C/CC/C=C/C/C=C/C/C=C/CC/1. The van der Waals surface area contributed by atoms with Crippen LogP contribution >= 0.6 is 0 Å². The second-order valence-corrected chi connectivity index (χ2v) is 3.41. The molecule has 0 saturated carbocycles. The monoisotopic (exact) mass is 187 g/mol. The predicted octanol–water partition coefficient (Wildman–Crippen LogP) is 4.37. The molecule has 1 radical (unpaired) electrons. The fraction of sp³-hybridized carbons (Fsp3) is 0.429. The third-order valence-electron chi connectivity index (χ3n) is 2.12. The summed E-state index contributed by atoms with van der Waals surface area (Å²) in [6.45, 7) is 0. The van der Waals surface area contributed by atoms with Gasteiger partial charge < -0.3 is 0 Å². The van der Waals surface area contributed by atoms with Crippen LogP contribution in [-0.4, -0.2) is 0 Å². The van der Waals surface area contributed by atoms with Gasteiger partial charge >= 0.3 is 0 Å². The first-order chi connectivity index (χ1) is 7.00. The lowest BCUT2D eigenvalue weighted by Gasteiger charge is -1.90. The maximum Gasteiger partial charge on any atom is -0.0169 e. The molecule has 0 heterocycles. The fourth-order valence-corrected chi connectivity index (χ4v) is 1.33. The van der Waals surface area contributed by atoms with Gasteiger partial charge in [-0.3, -0.25) is 0 Å². The van der Waals surface area contributed by atoms with Gasteiger partial charge in [-0.15, -0.1) is 0 Å². The highest BCUT2D eigenvalue weighted by Gasteiger charge is 1.81. The van der Waals surface area contributed by atoms with Gasteiger partial charge in [-0.05, 0) is 44.6 Å². The van der Waals surface area contributed by atoms with Crippen molar-refractivity contribution >= 4 is 0 Å². The van der Waals surface area contributed by atoms with E-state index in [1.54, 1.807) is 0 Å². The summed E-state index contributed by atoms with van der Waals surface area (Å²) in [6.07, 6.45) is 25.5. The van der Waals surface area contributed by atoms with Crippen LogP contribution in [0.25, 0.3) is 0 Å². The van der Waals surface area contributed by atoms with E-state index < -0.39 is 0 Å². The Kier molecular flexibility index (Phi) is 6.74. The highest BCUT2D eigenvalue weighted by atomic mass is 13.9. The minimum Gasteiger partial charge on any atom is -0.0879 e. The van der Waals surface area contributed by atoms with Crippen LogP contribution in [0.1, 0.15) is 38.5 Å². The lowest BCUT2D eigenvalue weighted by atomic mass is 10.2. The van der Waals surface area contributed by atoms with Gasteiger partial charge in [0.1, 0.15) is 0 Å². The molecule has 0 aromatic carbocycles. The Morgan fingerprint density at radius 3 is 2.07 bits per heavy atom. The van der Waals surface area contributed by atoms with E-state index >= 15 is 0 Å².